The number of nitrogens with one attached hydrogen (secondary N) is 2. The number of nitriles is 1. The van der Waals surface area contributed by atoms with Crippen molar-refractivity contribution in [2.24, 2.45) is 5.92 Å². The summed E-state index contributed by atoms with van der Waals surface area (Å²) in [6.45, 7) is 8.31. The number of ether oxygens (including phenoxy) is 2. The Morgan fingerprint density at radius 1 is 1.29 bits per heavy atom. The van der Waals surface area contributed by atoms with Crippen LogP contribution in [0.4, 0.5) is 8.78 Å². The van der Waals surface area contributed by atoms with Crippen LogP contribution in [-0.4, -0.2) is 99.0 Å². The Morgan fingerprint density at radius 2 is 2.08 bits per heavy atom. The molecule has 3 amide bonds. The molecule has 15 heteroatoms. The van der Waals surface area contributed by atoms with Gasteiger partial charge in [0.25, 0.3) is 5.92 Å². The van der Waals surface area contributed by atoms with Gasteiger partial charge in [-0.25, -0.2) is 13.5 Å². The first-order valence-corrected chi connectivity index (χ1v) is 16.8. The molecule has 266 valence electrons. The standard InChI is InChI=1S/C34H46F2N8O5/c1-22(8-11-49-33(2,3)9-10-38-4)48-20-27-16-39-41-44(27)18-24-7-5-6-23-17-42(19-28(23)24)30(45)13-25-12-29(40-31(25)46)32(47)43-21-34(35,36)14-26(43)15-37/h5-7,16,22,25-26,29,38H,8-14,17-21H2,1-4H3,(H,40,46)/t22?,25-,26-,29-/m0/s1. The Balaban J connectivity index is 1.12. The fraction of sp³-hybridized carbons (Fsp3) is 0.647. The predicted molar refractivity (Wildman–Crippen MR) is 173 cm³/mol. The molecule has 5 rings (SSSR count). The molecular formula is C34H46F2N8O5. The van der Waals surface area contributed by atoms with E-state index in [-0.39, 0.29) is 30.5 Å². The third-order valence-electron chi connectivity index (χ3n) is 9.59. The quantitative estimate of drug-likeness (QED) is 0.288. The second-order valence-corrected chi connectivity index (χ2v) is 13.9. The molecule has 13 nitrogen and oxygen atoms in total. The van der Waals surface area contributed by atoms with Crippen LogP contribution in [0, 0.1) is 17.2 Å². The molecule has 49 heavy (non-hydrogen) atoms. The highest BCUT2D eigenvalue weighted by Crippen LogP contribution is 2.34. The molecule has 0 bridgehead atoms. The Kier molecular flexibility index (Phi) is 11.3. The van der Waals surface area contributed by atoms with Crippen LogP contribution in [0.25, 0.3) is 0 Å². The lowest BCUT2D eigenvalue weighted by molar-refractivity contribution is -0.135. The third kappa shape index (κ3) is 8.97. The van der Waals surface area contributed by atoms with Crippen LogP contribution in [0.1, 0.15) is 75.3 Å². The molecule has 1 aromatic carbocycles. The maximum atomic E-state index is 13.9. The minimum Gasteiger partial charge on any atom is -0.375 e. The summed E-state index contributed by atoms with van der Waals surface area (Å²) in [7, 11) is 1.93. The van der Waals surface area contributed by atoms with Gasteiger partial charge < -0.3 is 29.9 Å². The lowest BCUT2D eigenvalue weighted by Crippen LogP contribution is -2.46. The second-order valence-electron chi connectivity index (χ2n) is 13.9. The van der Waals surface area contributed by atoms with Crippen LogP contribution in [-0.2, 0) is 50.1 Å². The number of hydrogen-bond acceptors (Lipinski definition) is 9. The number of carbonyl (C=O) groups excluding carboxylic acids is 3. The smallest absolute Gasteiger partial charge is 0.268 e. The van der Waals surface area contributed by atoms with Gasteiger partial charge in [0.2, 0.25) is 17.7 Å². The molecule has 3 aliphatic heterocycles. The minimum absolute atomic E-state index is 0.00706. The summed E-state index contributed by atoms with van der Waals surface area (Å²) in [5, 5.41) is 23.3. The lowest BCUT2D eigenvalue weighted by atomic mass is 9.99. The van der Waals surface area contributed by atoms with E-state index in [0.717, 1.165) is 46.7 Å². The Morgan fingerprint density at radius 3 is 2.84 bits per heavy atom. The summed E-state index contributed by atoms with van der Waals surface area (Å²) in [6, 6.07) is 5.35. The zero-order valence-electron chi connectivity index (χ0n) is 28.6. The van der Waals surface area contributed by atoms with E-state index in [4.69, 9.17) is 9.47 Å². The molecule has 1 aromatic heterocycles. The number of carbonyl (C=O) groups is 3. The van der Waals surface area contributed by atoms with E-state index >= 15 is 0 Å². The van der Waals surface area contributed by atoms with Gasteiger partial charge in [0.15, 0.2) is 0 Å². The van der Waals surface area contributed by atoms with Gasteiger partial charge in [-0.1, -0.05) is 23.4 Å². The highest BCUT2D eigenvalue weighted by atomic mass is 19.3. The second kappa shape index (κ2) is 15.3. The molecule has 1 unspecified atom stereocenters. The summed E-state index contributed by atoms with van der Waals surface area (Å²) < 4.78 is 41.7. The number of nitrogens with zero attached hydrogens (tertiary/aromatic N) is 6. The fourth-order valence-electron chi connectivity index (χ4n) is 6.59. The lowest BCUT2D eigenvalue weighted by Gasteiger charge is -2.26. The van der Waals surface area contributed by atoms with Gasteiger partial charge in [0.05, 0.1) is 49.4 Å². The summed E-state index contributed by atoms with van der Waals surface area (Å²) in [5.41, 5.74) is 3.60. The number of halogens is 2. The molecule has 4 atom stereocenters. The Hall–Kier alpha value is -4.00. The zero-order chi connectivity index (χ0) is 35.3. The van der Waals surface area contributed by atoms with E-state index in [2.05, 4.69) is 34.8 Å². The van der Waals surface area contributed by atoms with Crippen molar-refractivity contribution in [1.82, 2.24) is 35.4 Å². The van der Waals surface area contributed by atoms with E-state index in [1.165, 1.54) is 0 Å². The van der Waals surface area contributed by atoms with Crippen molar-refractivity contribution in [3.63, 3.8) is 0 Å². The molecule has 2 N–H and O–H groups in total. The van der Waals surface area contributed by atoms with Gasteiger partial charge in [-0.2, -0.15) is 5.26 Å². The molecule has 2 aromatic rings. The van der Waals surface area contributed by atoms with Crippen LogP contribution in [0.5, 0.6) is 0 Å². The SMILES string of the molecule is CNCCC(C)(C)OCCC(C)OCc1cnnn1Cc1cccc2c1CN(C(=O)C[C@@H]1C[C@@H](C(=O)N3CC(F)(F)C[C@H]3C#N)NC1=O)C2. The molecule has 0 radical (unpaired) electrons. The van der Waals surface area contributed by atoms with Crippen LogP contribution in [0.15, 0.2) is 24.4 Å². The molecule has 2 fully saturated rings. The first-order chi connectivity index (χ1) is 23.3. The number of alkyl halides is 2. The van der Waals surface area contributed by atoms with Gasteiger partial charge in [0.1, 0.15) is 12.1 Å². The summed E-state index contributed by atoms with van der Waals surface area (Å²) >= 11 is 0. The van der Waals surface area contributed by atoms with Crippen molar-refractivity contribution < 1.29 is 32.6 Å². The number of rotatable bonds is 15. The molecular weight excluding hydrogens is 638 g/mol. The van der Waals surface area contributed by atoms with Crippen molar-refractivity contribution in [3.05, 3.63) is 46.8 Å². The number of benzene rings is 1. The molecule has 0 aliphatic carbocycles. The average molecular weight is 685 g/mol. The first kappa shape index (κ1) is 36.3. The van der Waals surface area contributed by atoms with Crippen LogP contribution >= 0.6 is 0 Å². The van der Waals surface area contributed by atoms with Gasteiger partial charge in [-0.3, -0.25) is 14.4 Å². The monoisotopic (exact) mass is 684 g/mol. The van der Waals surface area contributed by atoms with Crippen molar-refractivity contribution in [2.45, 2.75) is 109 Å². The number of amides is 3. The third-order valence-corrected chi connectivity index (χ3v) is 9.59. The topological polar surface area (TPSA) is 155 Å². The van der Waals surface area contributed by atoms with E-state index in [9.17, 15) is 28.4 Å². The summed E-state index contributed by atoms with van der Waals surface area (Å²) in [6.07, 6.45) is 2.48. The number of likely N-dealkylation sites (tertiary alicyclic amines) is 1. The maximum absolute atomic E-state index is 13.9. The van der Waals surface area contributed by atoms with E-state index in [0.29, 0.717) is 32.8 Å². The highest BCUT2D eigenvalue weighted by Gasteiger charge is 2.50. The summed E-state index contributed by atoms with van der Waals surface area (Å²) in [4.78, 5) is 41.6. The van der Waals surface area contributed by atoms with Gasteiger partial charge in [-0.05, 0) is 70.3 Å². The fourth-order valence-corrected chi connectivity index (χ4v) is 6.59. The normalized spacial score (nSPS) is 22.2. The Labute approximate surface area is 285 Å². The molecule has 0 saturated carbocycles. The largest absolute Gasteiger partial charge is 0.375 e. The maximum Gasteiger partial charge on any atom is 0.268 e. The minimum atomic E-state index is -3.15. The summed E-state index contributed by atoms with van der Waals surface area (Å²) in [5.74, 6) is -5.36. The van der Waals surface area contributed by atoms with Crippen LogP contribution < -0.4 is 10.6 Å². The van der Waals surface area contributed by atoms with Gasteiger partial charge >= 0.3 is 0 Å². The molecule has 0 spiro atoms. The van der Waals surface area contributed by atoms with Crippen LogP contribution in [0.3, 0.4) is 0 Å². The number of fused-ring (bicyclic) bond motifs is 1. The molecule has 3 aliphatic rings. The average Bonchev–Trinajstić information content (AvgIpc) is 3.84. The van der Waals surface area contributed by atoms with Crippen molar-refractivity contribution in [1.29, 1.82) is 5.26 Å². The number of hydrogen-bond donors (Lipinski definition) is 2. The Bertz CT molecular complexity index is 1560. The van der Waals surface area contributed by atoms with Crippen molar-refractivity contribution in [2.75, 3.05) is 26.7 Å². The molecule has 4 heterocycles. The first-order valence-electron chi connectivity index (χ1n) is 16.8. The van der Waals surface area contributed by atoms with E-state index in [1.54, 1.807) is 21.8 Å². The van der Waals surface area contributed by atoms with Gasteiger partial charge in [0, 0.05) is 38.5 Å². The van der Waals surface area contributed by atoms with E-state index < -0.39 is 48.7 Å². The highest BCUT2D eigenvalue weighted by molar-refractivity contribution is 5.94. The zero-order valence-corrected chi connectivity index (χ0v) is 28.6. The van der Waals surface area contributed by atoms with Crippen molar-refractivity contribution in [3.8, 4) is 6.07 Å². The number of aromatic nitrogens is 3. The van der Waals surface area contributed by atoms with Gasteiger partial charge in [-0.15, -0.1) is 5.10 Å². The predicted octanol–water partition coefficient (Wildman–Crippen LogP) is 2.52. The molecule has 2 saturated heterocycles. The van der Waals surface area contributed by atoms with E-state index in [1.807, 2.05) is 32.2 Å². The van der Waals surface area contributed by atoms with Crippen molar-refractivity contribution >= 4 is 17.7 Å². The van der Waals surface area contributed by atoms with Crippen LogP contribution in [0.2, 0.25) is 0 Å².